The molecule has 1 aliphatic rings. The summed E-state index contributed by atoms with van der Waals surface area (Å²) in [5.74, 6) is 0.307. The van der Waals surface area contributed by atoms with Gasteiger partial charge in [0.25, 0.3) is 0 Å². The van der Waals surface area contributed by atoms with Crippen LogP contribution in [0.2, 0.25) is 0 Å². The maximum Gasteiger partial charge on any atom is 0.243 e. The molecule has 1 heterocycles. The lowest BCUT2D eigenvalue weighted by molar-refractivity contribution is 0.222. The van der Waals surface area contributed by atoms with Gasteiger partial charge in [-0.15, -0.1) is 0 Å². The fourth-order valence-electron chi connectivity index (χ4n) is 3.49. The molecule has 0 amide bonds. The van der Waals surface area contributed by atoms with Crippen LogP contribution >= 0.6 is 0 Å². The van der Waals surface area contributed by atoms with Crippen LogP contribution in [0.1, 0.15) is 11.1 Å². The molecule has 1 aliphatic heterocycles. The molecule has 0 unspecified atom stereocenters. The number of benzene rings is 2. The van der Waals surface area contributed by atoms with Crippen LogP contribution in [0.5, 0.6) is 0 Å². The van der Waals surface area contributed by atoms with Crippen molar-refractivity contribution >= 4 is 16.0 Å². The van der Waals surface area contributed by atoms with Gasteiger partial charge in [0.15, 0.2) is 5.96 Å². The minimum Gasteiger partial charge on any atom is -0.356 e. The van der Waals surface area contributed by atoms with E-state index < -0.39 is 10.0 Å². The van der Waals surface area contributed by atoms with Gasteiger partial charge in [0.1, 0.15) is 5.82 Å². The van der Waals surface area contributed by atoms with E-state index >= 15 is 0 Å². The minimum atomic E-state index is -3.56. The first kappa shape index (κ1) is 23.2. The van der Waals surface area contributed by atoms with E-state index in [9.17, 15) is 12.8 Å². The zero-order chi connectivity index (χ0) is 22.3. The molecule has 31 heavy (non-hydrogen) atoms. The Labute approximate surface area is 184 Å². The first-order chi connectivity index (χ1) is 14.9. The number of sulfonamides is 1. The Bertz CT molecular complexity index is 1000. The van der Waals surface area contributed by atoms with E-state index in [0.29, 0.717) is 49.0 Å². The molecule has 2 aromatic rings. The van der Waals surface area contributed by atoms with Crippen LogP contribution in [-0.2, 0) is 23.0 Å². The van der Waals surface area contributed by atoms with Gasteiger partial charge in [-0.2, -0.15) is 4.31 Å². The lowest BCUT2D eigenvalue weighted by atomic mass is 10.1. The van der Waals surface area contributed by atoms with Crippen molar-refractivity contribution < 1.29 is 12.8 Å². The maximum absolute atomic E-state index is 13.3. The first-order valence-electron chi connectivity index (χ1n) is 10.4. The number of rotatable bonds is 7. The van der Waals surface area contributed by atoms with Gasteiger partial charge in [0, 0.05) is 46.3 Å². The molecule has 1 fully saturated rings. The second-order valence-corrected chi connectivity index (χ2v) is 9.45. The van der Waals surface area contributed by atoms with Gasteiger partial charge in [-0.05, 0) is 42.8 Å². The number of likely N-dealkylation sites (N-methyl/N-ethyl adjacent to an activating group) is 1. The lowest BCUT2D eigenvalue weighted by Crippen LogP contribution is -2.47. The first-order valence-corrected chi connectivity index (χ1v) is 11.8. The van der Waals surface area contributed by atoms with E-state index in [1.54, 1.807) is 29.6 Å². The van der Waals surface area contributed by atoms with Gasteiger partial charge in [-0.25, -0.2) is 12.8 Å². The Morgan fingerprint density at radius 2 is 1.81 bits per heavy atom. The second-order valence-electron chi connectivity index (χ2n) is 7.55. The van der Waals surface area contributed by atoms with Crippen LogP contribution in [0.15, 0.2) is 58.4 Å². The largest absolute Gasteiger partial charge is 0.356 e. The molecule has 0 spiro atoms. The highest BCUT2D eigenvalue weighted by molar-refractivity contribution is 7.89. The van der Waals surface area contributed by atoms with Gasteiger partial charge < -0.3 is 15.5 Å². The SMILES string of the molecule is CN=C(NCCc1cccc(F)c1)NCc1ccccc1S(=O)(=O)N1CCN(C)CC1. The smallest absolute Gasteiger partial charge is 0.243 e. The van der Waals surface area contributed by atoms with Crippen LogP contribution < -0.4 is 10.6 Å². The Balaban J connectivity index is 1.60. The predicted octanol–water partition coefficient (Wildman–Crippen LogP) is 1.67. The van der Waals surface area contributed by atoms with Gasteiger partial charge in [0.2, 0.25) is 10.0 Å². The quantitative estimate of drug-likeness (QED) is 0.499. The number of nitrogens with zero attached hydrogens (tertiary/aromatic N) is 3. The van der Waals surface area contributed by atoms with Gasteiger partial charge >= 0.3 is 0 Å². The third-order valence-corrected chi connectivity index (χ3v) is 7.32. The highest BCUT2D eigenvalue weighted by Gasteiger charge is 2.29. The Morgan fingerprint density at radius 1 is 1.06 bits per heavy atom. The molecule has 1 saturated heterocycles. The molecule has 0 bridgehead atoms. The number of aliphatic imine (C=N–C) groups is 1. The number of guanidine groups is 1. The van der Waals surface area contributed by atoms with E-state index in [1.165, 1.54) is 12.1 Å². The summed E-state index contributed by atoms with van der Waals surface area (Å²) >= 11 is 0. The molecule has 3 rings (SSSR count). The summed E-state index contributed by atoms with van der Waals surface area (Å²) in [4.78, 5) is 6.64. The highest BCUT2D eigenvalue weighted by atomic mass is 32.2. The number of hydrogen-bond donors (Lipinski definition) is 2. The standard InChI is InChI=1S/C22H30FN5O2S/c1-24-22(25-11-10-18-6-5-8-20(23)16-18)26-17-19-7-3-4-9-21(19)31(29,30)28-14-12-27(2)13-15-28/h3-9,16H,10-15,17H2,1-2H3,(H2,24,25,26). The molecule has 9 heteroatoms. The monoisotopic (exact) mass is 447 g/mol. The molecular formula is C22H30FN5O2S. The van der Waals surface area contributed by atoms with Crippen molar-refractivity contribution in [3.8, 4) is 0 Å². The zero-order valence-corrected chi connectivity index (χ0v) is 18.8. The summed E-state index contributed by atoms with van der Waals surface area (Å²) in [6.07, 6.45) is 0.646. The fourth-order valence-corrected chi connectivity index (χ4v) is 5.13. The summed E-state index contributed by atoms with van der Waals surface area (Å²) < 4.78 is 41.2. The summed E-state index contributed by atoms with van der Waals surface area (Å²) in [5, 5.41) is 6.36. The summed E-state index contributed by atoms with van der Waals surface area (Å²) in [6.45, 7) is 3.32. The minimum absolute atomic E-state index is 0.252. The van der Waals surface area contributed by atoms with Crippen molar-refractivity contribution in [3.63, 3.8) is 0 Å². The van der Waals surface area contributed by atoms with Gasteiger partial charge in [-0.3, -0.25) is 4.99 Å². The van der Waals surface area contributed by atoms with Gasteiger partial charge in [-0.1, -0.05) is 30.3 Å². The fraction of sp³-hybridized carbons (Fsp3) is 0.409. The normalized spacial score (nSPS) is 16.3. The van der Waals surface area contributed by atoms with E-state index in [2.05, 4.69) is 20.5 Å². The van der Waals surface area contributed by atoms with E-state index in [-0.39, 0.29) is 5.82 Å². The Hall–Kier alpha value is -2.49. The zero-order valence-electron chi connectivity index (χ0n) is 18.0. The summed E-state index contributed by atoms with van der Waals surface area (Å²) in [5.41, 5.74) is 1.58. The van der Waals surface area contributed by atoms with Crippen LogP contribution in [-0.4, -0.2) is 70.4 Å². The third kappa shape index (κ3) is 6.25. The lowest BCUT2D eigenvalue weighted by Gasteiger charge is -2.32. The molecular weight excluding hydrogens is 417 g/mol. The summed E-state index contributed by atoms with van der Waals surface area (Å²) in [6, 6.07) is 13.6. The van der Waals surface area contributed by atoms with Crippen molar-refractivity contribution in [1.82, 2.24) is 19.8 Å². The molecule has 0 atom stereocenters. The molecule has 2 aromatic carbocycles. The van der Waals surface area contributed by atoms with Crippen molar-refractivity contribution in [2.75, 3.05) is 46.8 Å². The molecule has 2 N–H and O–H groups in total. The predicted molar refractivity (Wildman–Crippen MR) is 121 cm³/mol. The van der Waals surface area contributed by atoms with Crippen LogP contribution in [0.4, 0.5) is 4.39 Å². The van der Waals surface area contributed by atoms with Crippen molar-refractivity contribution in [1.29, 1.82) is 0 Å². The number of hydrogen-bond acceptors (Lipinski definition) is 4. The second kappa shape index (κ2) is 10.7. The average Bonchev–Trinajstić information content (AvgIpc) is 2.76. The molecule has 0 aromatic heterocycles. The maximum atomic E-state index is 13.3. The molecule has 7 nitrogen and oxygen atoms in total. The van der Waals surface area contributed by atoms with E-state index in [0.717, 1.165) is 18.7 Å². The molecule has 0 saturated carbocycles. The van der Waals surface area contributed by atoms with Crippen LogP contribution in [0.3, 0.4) is 0 Å². The summed E-state index contributed by atoms with van der Waals surface area (Å²) in [7, 11) is 0.0950. The Morgan fingerprint density at radius 3 is 2.52 bits per heavy atom. The Kier molecular flexibility index (Phi) is 8.00. The number of nitrogens with one attached hydrogen (secondary N) is 2. The van der Waals surface area contributed by atoms with Crippen LogP contribution in [0.25, 0.3) is 0 Å². The van der Waals surface area contributed by atoms with Crippen molar-refractivity contribution in [2.45, 2.75) is 17.9 Å². The van der Waals surface area contributed by atoms with Gasteiger partial charge in [0.05, 0.1) is 4.90 Å². The molecule has 0 radical (unpaired) electrons. The molecule has 0 aliphatic carbocycles. The van der Waals surface area contributed by atoms with Crippen molar-refractivity contribution in [2.24, 2.45) is 4.99 Å². The van der Waals surface area contributed by atoms with E-state index in [4.69, 9.17) is 0 Å². The number of piperazine rings is 1. The molecule has 168 valence electrons. The van der Waals surface area contributed by atoms with Crippen LogP contribution in [0, 0.1) is 5.82 Å². The number of halogens is 1. The van der Waals surface area contributed by atoms with Crippen molar-refractivity contribution in [3.05, 3.63) is 65.5 Å². The average molecular weight is 448 g/mol. The highest BCUT2D eigenvalue weighted by Crippen LogP contribution is 2.21. The topological polar surface area (TPSA) is 77.0 Å². The third-order valence-electron chi connectivity index (χ3n) is 5.32. The van der Waals surface area contributed by atoms with E-state index in [1.807, 2.05) is 25.2 Å².